The Morgan fingerprint density at radius 3 is 2.94 bits per heavy atom. The minimum absolute atomic E-state index is 0.274. The predicted octanol–water partition coefficient (Wildman–Crippen LogP) is 2.70. The van der Waals surface area contributed by atoms with Crippen molar-refractivity contribution in [3.05, 3.63) is 39.9 Å². The topological polar surface area (TPSA) is 55.2 Å². The van der Waals surface area contributed by atoms with E-state index in [0.717, 1.165) is 31.5 Å². The summed E-state index contributed by atoms with van der Waals surface area (Å²) in [6, 6.07) is 7.11. The van der Waals surface area contributed by atoms with Crippen molar-refractivity contribution >= 4 is 5.69 Å². The molecule has 0 saturated heterocycles. The quantitative estimate of drug-likeness (QED) is 0.467. The van der Waals surface area contributed by atoms with Gasteiger partial charge in [0.1, 0.15) is 0 Å². The first-order valence-electron chi connectivity index (χ1n) is 6.18. The molecular formula is C13H18N2O2. The molecule has 17 heavy (non-hydrogen) atoms. The van der Waals surface area contributed by atoms with E-state index >= 15 is 0 Å². The van der Waals surface area contributed by atoms with Crippen molar-refractivity contribution in [2.75, 3.05) is 13.1 Å². The number of hydrogen-bond donors (Lipinski definition) is 1. The molecule has 1 aliphatic rings. The zero-order valence-corrected chi connectivity index (χ0v) is 10.1. The van der Waals surface area contributed by atoms with E-state index in [-0.39, 0.29) is 10.6 Å². The lowest BCUT2D eigenvalue weighted by molar-refractivity contribution is -0.385. The van der Waals surface area contributed by atoms with Crippen LogP contribution < -0.4 is 5.32 Å². The molecular weight excluding hydrogens is 216 g/mol. The summed E-state index contributed by atoms with van der Waals surface area (Å²) in [6.07, 6.45) is 2.20. The highest BCUT2D eigenvalue weighted by Crippen LogP contribution is 2.49. The number of nitrogens with zero attached hydrogens (tertiary/aromatic N) is 1. The number of benzene rings is 1. The molecule has 0 bridgehead atoms. The average molecular weight is 234 g/mol. The Morgan fingerprint density at radius 1 is 1.47 bits per heavy atom. The lowest BCUT2D eigenvalue weighted by atomic mass is 10.1. The highest BCUT2D eigenvalue weighted by atomic mass is 16.6. The van der Waals surface area contributed by atoms with Crippen LogP contribution in [-0.2, 0) is 0 Å². The van der Waals surface area contributed by atoms with E-state index in [9.17, 15) is 10.1 Å². The molecule has 1 aromatic carbocycles. The zero-order valence-electron chi connectivity index (χ0n) is 10.1. The molecule has 1 aliphatic carbocycles. The van der Waals surface area contributed by atoms with Crippen molar-refractivity contribution in [3.8, 4) is 0 Å². The van der Waals surface area contributed by atoms with E-state index in [1.165, 1.54) is 0 Å². The van der Waals surface area contributed by atoms with Gasteiger partial charge in [-0.15, -0.1) is 0 Å². The fourth-order valence-corrected chi connectivity index (χ4v) is 2.29. The summed E-state index contributed by atoms with van der Waals surface area (Å²) in [7, 11) is 0. The number of nitro benzene ring substituents is 1. The summed E-state index contributed by atoms with van der Waals surface area (Å²) in [6.45, 7) is 4.14. The third-order valence-electron chi connectivity index (χ3n) is 3.29. The first-order valence-corrected chi connectivity index (χ1v) is 6.18. The highest BCUT2D eigenvalue weighted by Gasteiger charge is 2.41. The Morgan fingerprint density at radius 2 is 2.24 bits per heavy atom. The lowest BCUT2D eigenvalue weighted by Gasteiger charge is -2.03. The smallest absolute Gasteiger partial charge is 0.272 e. The Kier molecular flexibility index (Phi) is 3.74. The summed E-state index contributed by atoms with van der Waals surface area (Å²) in [5.41, 5.74) is 1.18. The van der Waals surface area contributed by atoms with Crippen LogP contribution in [0.3, 0.4) is 0 Å². The van der Waals surface area contributed by atoms with Crippen LogP contribution in [0, 0.1) is 16.0 Å². The van der Waals surface area contributed by atoms with E-state index < -0.39 is 0 Å². The summed E-state index contributed by atoms with van der Waals surface area (Å²) < 4.78 is 0. The van der Waals surface area contributed by atoms with Gasteiger partial charge in [0.05, 0.1) is 4.92 Å². The number of hydrogen-bond acceptors (Lipinski definition) is 3. The second kappa shape index (κ2) is 5.27. The van der Waals surface area contributed by atoms with Crippen molar-refractivity contribution in [2.24, 2.45) is 5.92 Å². The molecule has 4 nitrogen and oxygen atoms in total. The SMILES string of the molecule is CCCNCC1CC1c1ccccc1[N+](=O)[O-]. The fraction of sp³-hybridized carbons (Fsp3) is 0.538. The zero-order chi connectivity index (χ0) is 12.3. The summed E-state index contributed by atoms with van der Waals surface area (Å²) in [5.74, 6) is 0.948. The van der Waals surface area contributed by atoms with E-state index in [2.05, 4.69) is 12.2 Å². The summed E-state index contributed by atoms with van der Waals surface area (Å²) in [5, 5.41) is 14.3. The van der Waals surface area contributed by atoms with E-state index in [4.69, 9.17) is 0 Å². The van der Waals surface area contributed by atoms with Crippen molar-refractivity contribution in [3.63, 3.8) is 0 Å². The molecule has 2 rings (SSSR count). The number of nitrogens with one attached hydrogen (secondary N) is 1. The largest absolute Gasteiger partial charge is 0.316 e. The van der Waals surface area contributed by atoms with Crippen LogP contribution in [-0.4, -0.2) is 18.0 Å². The Balaban J connectivity index is 1.98. The van der Waals surface area contributed by atoms with Gasteiger partial charge >= 0.3 is 0 Å². The highest BCUT2D eigenvalue weighted by molar-refractivity contribution is 5.45. The molecule has 92 valence electrons. The van der Waals surface area contributed by atoms with Gasteiger partial charge in [0.25, 0.3) is 5.69 Å². The van der Waals surface area contributed by atoms with Crippen LogP contribution >= 0.6 is 0 Å². The molecule has 2 unspecified atom stereocenters. The van der Waals surface area contributed by atoms with Crippen LogP contribution in [0.2, 0.25) is 0 Å². The second-order valence-corrected chi connectivity index (χ2v) is 4.62. The van der Waals surface area contributed by atoms with E-state index in [0.29, 0.717) is 11.8 Å². The van der Waals surface area contributed by atoms with Crippen molar-refractivity contribution < 1.29 is 4.92 Å². The first-order chi connectivity index (χ1) is 8.24. The average Bonchev–Trinajstić information content (AvgIpc) is 3.09. The van der Waals surface area contributed by atoms with E-state index in [1.807, 2.05) is 12.1 Å². The minimum atomic E-state index is -0.274. The Bertz CT molecular complexity index is 406. The molecule has 1 aromatic rings. The molecule has 1 N–H and O–H groups in total. The van der Waals surface area contributed by atoms with Crippen LogP contribution in [0.1, 0.15) is 31.2 Å². The Labute approximate surface area is 101 Å². The van der Waals surface area contributed by atoms with Gasteiger partial charge in [-0.05, 0) is 37.8 Å². The number of para-hydroxylation sites is 1. The third-order valence-corrected chi connectivity index (χ3v) is 3.29. The van der Waals surface area contributed by atoms with Gasteiger partial charge in [-0.1, -0.05) is 25.1 Å². The van der Waals surface area contributed by atoms with Crippen molar-refractivity contribution in [1.29, 1.82) is 0 Å². The van der Waals surface area contributed by atoms with Crippen molar-refractivity contribution in [1.82, 2.24) is 5.32 Å². The van der Waals surface area contributed by atoms with Crippen LogP contribution in [0.25, 0.3) is 0 Å². The van der Waals surface area contributed by atoms with Gasteiger partial charge in [-0.2, -0.15) is 0 Å². The minimum Gasteiger partial charge on any atom is -0.316 e. The second-order valence-electron chi connectivity index (χ2n) is 4.62. The van der Waals surface area contributed by atoms with Gasteiger partial charge < -0.3 is 5.32 Å². The molecule has 2 atom stereocenters. The summed E-state index contributed by atoms with van der Waals surface area (Å²) >= 11 is 0. The fourth-order valence-electron chi connectivity index (χ4n) is 2.29. The molecule has 1 fully saturated rings. The van der Waals surface area contributed by atoms with Crippen LogP contribution in [0.4, 0.5) is 5.69 Å². The molecule has 0 aromatic heterocycles. The maximum absolute atomic E-state index is 10.9. The number of nitro groups is 1. The summed E-state index contributed by atoms with van der Waals surface area (Å²) in [4.78, 5) is 10.6. The standard InChI is InChI=1S/C13H18N2O2/c1-2-7-14-9-10-8-12(10)11-5-3-4-6-13(11)15(16)17/h3-6,10,12,14H,2,7-9H2,1H3. The maximum Gasteiger partial charge on any atom is 0.272 e. The van der Waals surface area contributed by atoms with E-state index in [1.54, 1.807) is 12.1 Å². The van der Waals surface area contributed by atoms with Crippen LogP contribution in [0.15, 0.2) is 24.3 Å². The molecule has 4 heteroatoms. The molecule has 0 spiro atoms. The normalized spacial score (nSPS) is 22.4. The Hall–Kier alpha value is -1.42. The molecule has 0 aliphatic heterocycles. The van der Waals surface area contributed by atoms with Gasteiger partial charge in [0.15, 0.2) is 0 Å². The van der Waals surface area contributed by atoms with Gasteiger partial charge in [0, 0.05) is 11.6 Å². The van der Waals surface area contributed by atoms with Gasteiger partial charge in [0.2, 0.25) is 0 Å². The van der Waals surface area contributed by atoms with Crippen molar-refractivity contribution in [2.45, 2.75) is 25.7 Å². The molecule has 0 amide bonds. The lowest BCUT2D eigenvalue weighted by Crippen LogP contribution is -2.17. The molecule has 0 radical (unpaired) electrons. The molecule has 1 saturated carbocycles. The van der Waals surface area contributed by atoms with Gasteiger partial charge in [-0.3, -0.25) is 10.1 Å². The van der Waals surface area contributed by atoms with Crippen LogP contribution in [0.5, 0.6) is 0 Å². The predicted molar refractivity (Wildman–Crippen MR) is 67.1 cm³/mol. The number of rotatable bonds is 6. The third kappa shape index (κ3) is 2.82. The maximum atomic E-state index is 10.9. The van der Waals surface area contributed by atoms with Gasteiger partial charge in [-0.25, -0.2) is 0 Å². The molecule has 0 heterocycles. The monoisotopic (exact) mass is 234 g/mol. The first kappa shape index (κ1) is 12.0.